The van der Waals surface area contributed by atoms with E-state index in [1.807, 2.05) is 0 Å². The molecule has 1 nitrogen and oxygen atoms in total. The number of nitrogens with two attached hydrogens (primary N) is 1. The molecule has 0 saturated heterocycles. The van der Waals surface area contributed by atoms with Crippen LogP contribution < -0.4 is 5.73 Å². The van der Waals surface area contributed by atoms with E-state index < -0.39 is 0 Å². The van der Waals surface area contributed by atoms with Crippen LogP contribution in [0.5, 0.6) is 0 Å². The molecule has 13 heavy (non-hydrogen) atoms. The SMILES string of the molecule is CC(N)CCC1(C)CCCCCC1. The van der Waals surface area contributed by atoms with Gasteiger partial charge >= 0.3 is 0 Å². The maximum absolute atomic E-state index is 5.81. The van der Waals surface area contributed by atoms with Crippen LogP contribution in [0.1, 0.15) is 65.2 Å². The highest BCUT2D eigenvalue weighted by Gasteiger charge is 2.25. The van der Waals surface area contributed by atoms with Crippen LogP contribution in [0.2, 0.25) is 0 Å². The van der Waals surface area contributed by atoms with E-state index in [-0.39, 0.29) is 0 Å². The minimum atomic E-state index is 0.389. The Hall–Kier alpha value is -0.0400. The molecule has 1 rings (SSSR count). The van der Waals surface area contributed by atoms with E-state index in [0.29, 0.717) is 11.5 Å². The van der Waals surface area contributed by atoms with Gasteiger partial charge in [-0.25, -0.2) is 0 Å². The lowest BCUT2D eigenvalue weighted by Gasteiger charge is -2.28. The standard InChI is InChI=1S/C12H25N/c1-11(13)7-10-12(2)8-5-3-4-6-9-12/h11H,3-10,13H2,1-2H3. The first kappa shape index (κ1) is 11.0. The Bertz CT molecular complexity index is 132. The largest absolute Gasteiger partial charge is 0.328 e. The van der Waals surface area contributed by atoms with Crippen molar-refractivity contribution in [2.45, 2.75) is 71.3 Å². The van der Waals surface area contributed by atoms with Crippen LogP contribution in [0, 0.1) is 5.41 Å². The van der Waals surface area contributed by atoms with E-state index in [1.165, 1.54) is 51.4 Å². The number of hydrogen-bond donors (Lipinski definition) is 1. The van der Waals surface area contributed by atoms with Crippen LogP contribution in [0.25, 0.3) is 0 Å². The average molecular weight is 183 g/mol. The second-order valence-corrected chi connectivity index (χ2v) is 5.24. The van der Waals surface area contributed by atoms with E-state index in [4.69, 9.17) is 5.73 Å². The molecule has 0 radical (unpaired) electrons. The van der Waals surface area contributed by atoms with Crippen molar-refractivity contribution in [3.05, 3.63) is 0 Å². The van der Waals surface area contributed by atoms with Crippen LogP contribution in [-0.2, 0) is 0 Å². The Morgan fingerprint density at radius 2 is 1.69 bits per heavy atom. The van der Waals surface area contributed by atoms with E-state index in [1.54, 1.807) is 0 Å². The van der Waals surface area contributed by atoms with E-state index >= 15 is 0 Å². The first-order valence-corrected chi connectivity index (χ1v) is 5.88. The lowest BCUT2D eigenvalue weighted by molar-refractivity contribution is 0.242. The summed E-state index contributed by atoms with van der Waals surface area (Å²) in [5.41, 5.74) is 6.42. The van der Waals surface area contributed by atoms with Crippen molar-refractivity contribution in [1.29, 1.82) is 0 Å². The van der Waals surface area contributed by atoms with Gasteiger partial charge in [-0.1, -0.05) is 32.6 Å². The lowest BCUT2D eigenvalue weighted by atomic mass is 9.78. The van der Waals surface area contributed by atoms with Gasteiger partial charge in [0.15, 0.2) is 0 Å². The third kappa shape index (κ3) is 4.12. The van der Waals surface area contributed by atoms with Gasteiger partial charge < -0.3 is 5.73 Å². The summed E-state index contributed by atoms with van der Waals surface area (Å²) < 4.78 is 0. The summed E-state index contributed by atoms with van der Waals surface area (Å²) in [4.78, 5) is 0. The zero-order chi connectivity index (χ0) is 9.73. The molecule has 0 aliphatic heterocycles. The summed E-state index contributed by atoms with van der Waals surface area (Å²) in [5.74, 6) is 0. The van der Waals surface area contributed by atoms with E-state index in [2.05, 4.69) is 13.8 Å². The topological polar surface area (TPSA) is 26.0 Å². The van der Waals surface area contributed by atoms with Crippen molar-refractivity contribution in [3.63, 3.8) is 0 Å². The van der Waals surface area contributed by atoms with Crippen molar-refractivity contribution in [3.8, 4) is 0 Å². The van der Waals surface area contributed by atoms with E-state index in [0.717, 1.165) is 0 Å². The summed E-state index contributed by atoms with van der Waals surface area (Å²) in [6.07, 6.45) is 11.2. The molecule has 1 aliphatic carbocycles. The second-order valence-electron chi connectivity index (χ2n) is 5.24. The molecule has 0 heterocycles. The molecule has 78 valence electrons. The van der Waals surface area contributed by atoms with Gasteiger partial charge in [-0.2, -0.15) is 0 Å². The van der Waals surface area contributed by atoms with Gasteiger partial charge in [-0.15, -0.1) is 0 Å². The average Bonchev–Trinajstić information content (AvgIpc) is 2.28. The van der Waals surface area contributed by atoms with Crippen LogP contribution in [0.15, 0.2) is 0 Å². The van der Waals surface area contributed by atoms with Crippen LogP contribution >= 0.6 is 0 Å². The summed E-state index contributed by atoms with van der Waals surface area (Å²) in [6, 6.07) is 0.389. The quantitative estimate of drug-likeness (QED) is 0.666. The Labute approximate surface area is 83.1 Å². The Balaban J connectivity index is 2.33. The smallest absolute Gasteiger partial charge is 0.00106 e. The van der Waals surface area contributed by atoms with Gasteiger partial charge in [0.1, 0.15) is 0 Å². The summed E-state index contributed by atoms with van der Waals surface area (Å²) in [5, 5.41) is 0. The predicted octanol–water partition coefficient (Wildman–Crippen LogP) is 3.47. The minimum Gasteiger partial charge on any atom is -0.328 e. The molecule has 0 aromatic heterocycles. The van der Waals surface area contributed by atoms with Gasteiger partial charge in [0.2, 0.25) is 0 Å². The number of hydrogen-bond acceptors (Lipinski definition) is 1. The lowest BCUT2D eigenvalue weighted by Crippen LogP contribution is -2.21. The molecule has 1 heteroatoms. The highest BCUT2D eigenvalue weighted by atomic mass is 14.6. The van der Waals surface area contributed by atoms with Crippen molar-refractivity contribution in [2.24, 2.45) is 11.1 Å². The molecule has 0 aromatic carbocycles. The molecule has 1 saturated carbocycles. The van der Waals surface area contributed by atoms with Gasteiger partial charge in [0, 0.05) is 6.04 Å². The third-order valence-electron chi connectivity index (χ3n) is 3.51. The molecule has 0 amide bonds. The Morgan fingerprint density at radius 1 is 1.15 bits per heavy atom. The molecule has 1 atom stereocenters. The Kier molecular flexibility index (Phi) is 4.24. The molecule has 0 bridgehead atoms. The molecule has 0 aromatic rings. The van der Waals surface area contributed by atoms with Gasteiger partial charge in [-0.05, 0) is 38.0 Å². The van der Waals surface area contributed by atoms with Crippen molar-refractivity contribution >= 4 is 0 Å². The molecule has 0 spiro atoms. The summed E-state index contributed by atoms with van der Waals surface area (Å²) in [6.45, 7) is 4.58. The van der Waals surface area contributed by atoms with E-state index in [9.17, 15) is 0 Å². The fraction of sp³-hybridized carbons (Fsp3) is 1.00. The second kappa shape index (κ2) is 4.99. The van der Waals surface area contributed by atoms with Crippen molar-refractivity contribution < 1.29 is 0 Å². The maximum Gasteiger partial charge on any atom is 0.00106 e. The zero-order valence-corrected chi connectivity index (χ0v) is 9.31. The fourth-order valence-corrected chi connectivity index (χ4v) is 2.41. The molecular formula is C12H25N. The monoisotopic (exact) mass is 183 g/mol. The third-order valence-corrected chi connectivity index (χ3v) is 3.51. The highest BCUT2D eigenvalue weighted by Crippen LogP contribution is 2.38. The van der Waals surface area contributed by atoms with Crippen LogP contribution in [-0.4, -0.2) is 6.04 Å². The summed E-state index contributed by atoms with van der Waals surface area (Å²) >= 11 is 0. The molecule has 1 aliphatic rings. The molecule has 1 unspecified atom stereocenters. The Morgan fingerprint density at radius 3 is 2.15 bits per heavy atom. The van der Waals surface area contributed by atoms with Crippen molar-refractivity contribution in [1.82, 2.24) is 0 Å². The van der Waals surface area contributed by atoms with Gasteiger partial charge in [0.25, 0.3) is 0 Å². The first-order valence-electron chi connectivity index (χ1n) is 5.88. The van der Waals surface area contributed by atoms with Crippen LogP contribution in [0.3, 0.4) is 0 Å². The maximum atomic E-state index is 5.81. The first-order chi connectivity index (χ1) is 6.12. The normalized spacial score (nSPS) is 25.2. The van der Waals surface area contributed by atoms with Gasteiger partial charge in [-0.3, -0.25) is 0 Å². The van der Waals surface area contributed by atoms with Crippen molar-refractivity contribution in [2.75, 3.05) is 0 Å². The molecule has 2 N–H and O–H groups in total. The zero-order valence-electron chi connectivity index (χ0n) is 9.31. The van der Waals surface area contributed by atoms with Gasteiger partial charge in [0.05, 0.1) is 0 Å². The fourth-order valence-electron chi connectivity index (χ4n) is 2.41. The van der Waals surface area contributed by atoms with Crippen LogP contribution in [0.4, 0.5) is 0 Å². The summed E-state index contributed by atoms with van der Waals surface area (Å²) in [7, 11) is 0. The molecular weight excluding hydrogens is 158 g/mol. The number of rotatable bonds is 3. The highest BCUT2D eigenvalue weighted by molar-refractivity contribution is 4.78. The predicted molar refractivity (Wildman–Crippen MR) is 58.7 cm³/mol. The minimum absolute atomic E-state index is 0.389. The molecule has 1 fully saturated rings.